The molecule has 133 valence electrons. The molecule has 0 fully saturated rings. The molecule has 4 rings (SSSR count). The van der Waals surface area contributed by atoms with E-state index in [0.29, 0.717) is 12.2 Å². The van der Waals surface area contributed by atoms with E-state index in [0.717, 1.165) is 33.7 Å². The summed E-state index contributed by atoms with van der Waals surface area (Å²) in [5.74, 6) is 0. The summed E-state index contributed by atoms with van der Waals surface area (Å²) in [7, 11) is 1.71. The number of aromatic nitrogens is 2. The van der Waals surface area contributed by atoms with Gasteiger partial charge < -0.3 is 15.0 Å². The molecular weight excluding hydrogens is 580 g/mol. The maximum atomic E-state index is 4.87. The van der Waals surface area contributed by atoms with Gasteiger partial charge in [-0.05, 0) is 18.1 Å². The summed E-state index contributed by atoms with van der Waals surface area (Å²) in [4.78, 5) is 16.5. The van der Waals surface area contributed by atoms with Gasteiger partial charge in [0.2, 0.25) is 0 Å². The Morgan fingerprint density at radius 3 is 2.63 bits per heavy atom. The van der Waals surface area contributed by atoms with Crippen molar-refractivity contribution in [3.05, 3.63) is 82.6 Å². The van der Waals surface area contributed by atoms with Crippen molar-refractivity contribution in [3.8, 4) is 11.3 Å². The number of H-pyrrole nitrogens is 1. The molecule has 6 heteroatoms. The van der Waals surface area contributed by atoms with Crippen LogP contribution in [-0.4, -0.2) is 22.7 Å². The smallest absolute Gasteiger partial charge is 0.431 e. The van der Waals surface area contributed by atoms with E-state index >= 15 is 0 Å². The largest absolute Gasteiger partial charge is 1.00 e. The Morgan fingerprint density at radius 1 is 1.11 bits per heavy atom. The first kappa shape index (κ1) is 24.5. The van der Waals surface area contributed by atoms with E-state index in [-0.39, 0.29) is 86.0 Å². The number of nitrogens with zero attached hydrogens (tertiary/aromatic N) is 3. The van der Waals surface area contributed by atoms with Gasteiger partial charge in [-0.2, -0.15) is 29.8 Å². The average Bonchev–Trinajstić information content (AvgIpc) is 2.79. The summed E-state index contributed by atoms with van der Waals surface area (Å²) in [6.07, 6.45) is 3.08. The summed E-state index contributed by atoms with van der Waals surface area (Å²) < 4.78 is 0. The van der Waals surface area contributed by atoms with Crippen molar-refractivity contribution in [2.75, 3.05) is 7.05 Å². The Bertz CT molecular complexity index is 1020. The van der Waals surface area contributed by atoms with E-state index in [9.17, 15) is 0 Å². The van der Waals surface area contributed by atoms with Crippen LogP contribution in [0.2, 0.25) is 0 Å². The molecule has 0 spiro atoms. The zero-order valence-electron chi connectivity index (χ0n) is 15.0. The van der Waals surface area contributed by atoms with Gasteiger partial charge in [0.1, 0.15) is 5.62 Å². The van der Waals surface area contributed by atoms with Crippen LogP contribution in [0.4, 0.5) is 0 Å². The first-order chi connectivity index (χ1) is 11.8. The molecule has 1 N–H and O–H groups in total. The first-order valence-corrected chi connectivity index (χ1v) is 7.83. The minimum absolute atomic E-state index is 0. The number of nitrogens with one attached hydrogen (secondary N) is 1. The van der Waals surface area contributed by atoms with Gasteiger partial charge in [-0.15, -0.1) is 11.1 Å². The van der Waals surface area contributed by atoms with E-state index in [1.807, 2.05) is 24.3 Å². The van der Waals surface area contributed by atoms with Crippen LogP contribution in [0.3, 0.4) is 0 Å². The van der Waals surface area contributed by atoms with E-state index < -0.39 is 0 Å². The second-order valence-electron chi connectivity index (χ2n) is 5.70. The fraction of sp³-hybridized carbons (Fsp3) is 0.190. The van der Waals surface area contributed by atoms with Gasteiger partial charge >= 0.3 is 58.2 Å². The van der Waals surface area contributed by atoms with Crippen LogP contribution >= 0.6 is 0 Å². The van der Waals surface area contributed by atoms with Gasteiger partial charge in [0.05, 0.1) is 0 Å². The molecule has 27 heavy (non-hydrogen) atoms. The van der Waals surface area contributed by atoms with Crippen LogP contribution in [0.25, 0.3) is 11.3 Å². The van der Waals surface area contributed by atoms with Crippen molar-refractivity contribution in [3.63, 3.8) is 0 Å². The molecule has 1 aliphatic rings. The molecular formula is C21H20N4RbRe-. The van der Waals surface area contributed by atoms with Crippen molar-refractivity contribution >= 4 is 5.71 Å². The molecule has 3 aromatic rings. The number of benzene rings is 2. The van der Waals surface area contributed by atoms with E-state index in [1.165, 1.54) is 5.56 Å². The molecule has 0 bridgehead atoms. The summed E-state index contributed by atoms with van der Waals surface area (Å²) in [6, 6.07) is 17.5. The second-order valence-corrected chi connectivity index (χ2v) is 5.70. The molecule has 2 heterocycles. The normalized spacial score (nSPS) is 12.2. The number of aromatic amines is 1. The third kappa shape index (κ3) is 4.90. The first-order valence-electron chi connectivity index (χ1n) is 7.83. The zero-order valence-corrected chi connectivity index (χ0v) is 22.6. The molecule has 0 aliphatic carbocycles. The van der Waals surface area contributed by atoms with Crippen molar-refractivity contribution in [1.82, 2.24) is 9.97 Å². The molecule has 0 atom stereocenters. The minimum Gasteiger partial charge on any atom is -0.431 e. The third-order valence-electron chi connectivity index (χ3n) is 4.23. The van der Waals surface area contributed by atoms with Gasteiger partial charge in [-0.3, -0.25) is 4.99 Å². The van der Waals surface area contributed by atoms with Crippen LogP contribution in [-0.2, 0) is 27.0 Å². The third-order valence-corrected chi connectivity index (χ3v) is 4.23. The zero-order chi connectivity index (χ0) is 16.5. The SMILES string of the molecule is C.CN=c1n[c-]c2c([nH]1)-c1cc[c-]cc1C(c1ccccc1C)=NC2.[Rb+].[Re]. The van der Waals surface area contributed by atoms with Crippen molar-refractivity contribution < 1.29 is 78.6 Å². The molecule has 0 saturated heterocycles. The number of aryl methyl sites for hydroxylation is 1. The summed E-state index contributed by atoms with van der Waals surface area (Å²) in [5.41, 5.74) is 7.93. The van der Waals surface area contributed by atoms with Crippen molar-refractivity contribution in [2.24, 2.45) is 9.98 Å². The van der Waals surface area contributed by atoms with Crippen LogP contribution in [0, 0.1) is 19.2 Å². The topological polar surface area (TPSA) is 53.4 Å². The predicted octanol–water partition coefficient (Wildman–Crippen LogP) is 0.505. The standard InChI is InChI=1S/C20H16N4.CH4.Rb.Re/c1-13-7-3-4-8-15(13)19-17-10-6-5-9-16(17)18-14(11-22-19)12-23-20(21-2)24-18;;;/h3-5,7-10H,11H2,1-2H3,(H,21,23,24);1H4;;/q-2;;+1;. The van der Waals surface area contributed by atoms with Crippen LogP contribution in [0.1, 0.15) is 29.7 Å². The van der Waals surface area contributed by atoms with Crippen LogP contribution in [0.15, 0.2) is 52.4 Å². The molecule has 1 aliphatic heterocycles. The molecule has 1 aromatic heterocycles. The van der Waals surface area contributed by atoms with Crippen molar-refractivity contribution in [2.45, 2.75) is 20.9 Å². The number of hydrogen-bond acceptors (Lipinski definition) is 3. The van der Waals surface area contributed by atoms with E-state index in [1.54, 1.807) is 7.05 Å². The Balaban J connectivity index is 0.00000121. The number of aliphatic imine (C=N–C) groups is 1. The maximum absolute atomic E-state index is 4.87. The molecule has 0 unspecified atom stereocenters. The Kier molecular flexibility index (Phi) is 9.85. The quantitative estimate of drug-likeness (QED) is 0.407. The molecule has 2 aromatic carbocycles. The Labute approximate surface area is 223 Å². The average molecular weight is 600 g/mol. The van der Waals surface area contributed by atoms with Crippen LogP contribution < -0.4 is 63.8 Å². The summed E-state index contributed by atoms with van der Waals surface area (Å²) in [5, 5.41) is 0. The van der Waals surface area contributed by atoms with Gasteiger partial charge in [0.25, 0.3) is 0 Å². The Hall–Kier alpha value is -0.542. The van der Waals surface area contributed by atoms with E-state index in [4.69, 9.17) is 4.99 Å². The number of hydrogen-bond donors (Lipinski definition) is 1. The number of fused-ring (bicyclic) bond motifs is 3. The van der Waals surface area contributed by atoms with Crippen molar-refractivity contribution in [1.29, 1.82) is 0 Å². The number of rotatable bonds is 1. The predicted molar refractivity (Wildman–Crippen MR) is 100 cm³/mol. The Morgan fingerprint density at radius 2 is 1.89 bits per heavy atom. The van der Waals surface area contributed by atoms with Crippen LogP contribution in [0.5, 0.6) is 0 Å². The van der Waals surface area contributed by atoms with E-state index in [2.05, 4.69) is 52.3 Å². The molecule has 0 amide bonds. The summed E-state index contributed by atoms with van der Waals surface area (Å²) in [6.45, 7) is 2.64. The molecule has 0 saturated carbocycles. The molecule has 1 radical (unpaired) electrons. The van der Waals surface area contributed by atoms with Gasteiger partial charge in [0, 0.05) is 39.7 Å². The monoisotopic (exact) mass is 600 g/mol. The fourth-order valence-electron chi connectivity index (χ4n) is 3.00. The molecule has 4 nitrogen and oxygen atoms in total. The van der Waals surface area contributed by atoms with Gasteiger partial charge in [-0.25, -0.2) is 0 Å². The summed E-state index contributed by atoms with van der Waals surface area (Å²) >= 11 is 0. The minimum atomic E-state index is 0. The van der Waals surface area contributed by atoms with Gasteiger partial charge in [0.15, 0.2) is 0 Å². The fourth-order valence-corrected chi connectivity index (χ4v) is 3.00. The second kappa shape index (κ2) is 10.9. The van der Waals surface area contributed by atoms with Gasteiger partial charge in [-0.1, -0.05) is 43.6 Å². The maximum Gasteiger partial charge on any atom is 1.00 e.